The zero-order valence-electron chi connectivity index (χ0n) is 15.7. The third kappa shape index (κ3) is 5.33. The van der Waals surface area contributed by atoms with E-state index < -0.39 is 0 Å². The molecule has 0 saturated heterocycles. The molecule has 0 bridgehead atoms. The number of amides is 2. The second-order valence-corrected chi connectivity index (χ2v) is 6.86. The first-order valence-electron chi connectivity index (χ1n) is 9.52. The van der Waals surface area contributed by atoms with Gasteiger partial charge in [0.15, 0.2) is 5.75 Å². The van der Waals surface area contributed by atoms with E-state index in [-0.39, 0.29) is 24.3 Å². The normalized spacial score (nSPS) is 14.0. The summed E-state index contributed by atoms with van der Waals surface area (Å²) < 4.78 is 5.88. The summed E-state index contributed by atoms with van der Waals surface area (Å²) in [5, 5.41) is 2.91. The number of hydrogen-bond acceptors (Lipinski definition) is 3. The molecule has 0 radical (unpaired) electrons. The summed E-state index contributed by atoms with van der Waals surface area (Å²) in [4.78, 5) is 26.2. The molecule has 5 heteroatoms. The highest BCUT2D eigenvalue weighted by Crippen LogP contribution is 2.29. The van der Waals surface area contributed by atoms with E-state index in [0.717, 1.165) is 25.7 Å². The molecule has 5 nitrogen and oxygen atoms in total. The first-order valence-corrected chi connectivity index (χ1v) is 9.52. The molecular weight excluding hydrogens is 340 g/mol. The van der Waals surface area contributed by atoms with E-state index in [0.29, 0.717) is 23.7 Å². The fourth-order valence-electron chi connectivity index (χ4n) is 3.52. The molecule has 2 aromatic rings. The third-order valence-electron chi connectivity index (χ3n) is 4.88. The number of rotatable bonds is 7. The van der Waals surface area contributed by atoms with Gasteiger partial charge in [-0.25, -0.2) is 0 Å². The summed E-state index contributed by atoms with van der Waals surface area (Å²) in [6.45, 7) is 2.03. The number of nitrogens with one attached hydrogen (secondary N) is 1. The average Bonchev–Trinajstić information content (AvgIpc) is 3.18. The van der Waals surface area contributed by atoms with Gasteiger partial charge in [-0.15, -0.1) is 0 Å². The number of hydrogen-bond donors (Lipinski definition) is 1. The highest BCUT2D eigenvalue weighted by Gasteiger charge is 2.24. The largest absolute Gasteiger partial charge is 0.455 e. The van der Waals surface area contributed by atoms with Crippen LogP contribution in [-0.2, 0) is 9.59 Å². The van der Waals surface area contributed by atoms with E-state index in [1.807, 2.05) is 59.5 Å². The number of para-hydroxylation sites is 3. The minimum atomic E-state index is -0.122. The van der Waals surface area contributed by atoms with Gasteiger partial charge in [-0.3, -0.25) is 9.59 Å². The van der Waals surface area contributed by atoms with Gasteiger partial charge in [-0.05, 0) is 37.1 Å². The monoisotopic (exact) mass is 366 g/mol. The van der Waals surface area contributed by atoms with Crippen molar-refractivity contribution < 1.29 is 14.3 Å². The van der Waals surface area contributed by atoms with Crippen LogP contribution in [0, 0.1) is 0 Å². The lowest BCUT2D eigenvalue weighted by Gasteiger charge is -2.27. The van der Waals surface area contributed by atoms with Gasteiger partial charge in [0.2, 0.25) is 11.8 Å². The number of benzene rings is 2. The van der Waals surface area contributed by atoms with Crippen LogP contribution in [0.25, 0.3) is 0 Å². The van der Waals surface area contributed by atoms with Gasteiger partial charge < -0.3 is 15.0 Å². The highest BCUT2D eigenvalue weighted by atomic mass is 16.5. The summed E-state index contributed by atoms with van der Waals surface area (Å²) in [5.41, 5.74) is 0.626. The number of carbonyl (C=O) groups is 2. The van der Waals surface area contributed by atoms with Crippen molar-refractivity contribution in [2.75, 3.05) is 11.9 Å². The molecule has 1 N–H and O–H groups in total. The van der Waals surface area contributed by atoms with Crippen molar-refractivity contribution in [2.24, 2.45) is 0 Å². The summed E-state index contributed by atoms with van der Waals surface area (Å²) in [6, 6.07) is 17.1. The Kier molecular flexibility index (Phi) is 6.47. The quantitative estimate of drug-likeness (QED) is 0.779. The second-order valence-electron chi connectivity index (χ2n) is 6.86. The molecule has 0 unspecified atom stereocenters. The number of carbonyl (C=O) groups excluding carboxylic acids is 2. The minimum absolute atomic E-state index is 0.0440. The molecule has 142 valence electrons. The van der Waals surface area contributed by atoms with E-state index in [4.69, 9.17) is 4.74 Å². The van der Waals surface area contributed by atoms with Crippen molar-refractivity contribution in [3.8, 4) is 11.5 Å². The summed E-state index contributed by atoms with van der Waals surface area (Å²) in [6.07, 6.45) is 4.66. The Labute approximate surface area is 160 Å². The average molecular weight is 366 g/mol. The van der Waals surface area contributed by atoms with Crippen LogP contribution in [0.5, 0.6) is 11.5 Å². The molecule has 0 atom stereocenters. The zero-order valence-corrected chi connectivity index (χ0v) is 15.7. The van der Waals surface area contributed by atoms with Gasteiger partial charge in [-0.1, -0.05) is 43.2 Å². The Hall–Kier alpha value is -2.82. The number of anilines is 1. The predicted octanol–water partition coefficient (Wildman–Crippen LogP) is 4.60. The van der Waals surface area contributed by atoms with Crippen molar-refractivity contribution in [1.82, 2.24) is 4.90 Å². The maximum absolute atomic E-state index is 12.5. The van der Waals surface area contributed by atoms with Gasteiger partial charge in [0.1, 0.15) is 5.75 Å². The fourth-order valence-corrected chi connectivity index (χ4v) is 3.52. The first-order chi connectivity index (χ1) is 13.1. The van der Waals surface area contributed by atoms with Crippen LogP contribution < -0.4 is 10.1 Å². The van der Waals surface area contributed by atoms with Gasteiger partial charge in [0, 0.05) is 25.9 Å². The van der Waals surface area contributed by atoms with Crippen molar-refractivity contribution in [1.29, 1.82) is 0 Å². The first kappa shape index (κ1) is 19.0. The van der Waals surface area contributed by atoms with E-state index in [1.165, 1.54) is 0 Å². The predicted molar refractivity (Wildman–Crippen MR) is 106 cm³/mol. The van der Waals surface area contributed by atoms with Crippen LogP contribution in [0.1, 0.15) is 39.0 Å². The number of ether oxygens (including phenoxy) is 1. The summed E-state index contributed by atoms with van der Waals surface area (Å²) in [5.74, 6) is 1.23. The van der Waals surface area contributed by atoms with Crippen LogP contribution in [0.4, 0.5) is 5.69 Å². The molecular formula is C22H26N2O3. The van der Waals surface area contributed by atoms with Crippen molar-refractivity contribution in [3.05, 3.63) is 54.6 Å². The molecule has 1 aliphatic carbocycles. The Morgan fingerprint density at radius 2 is 1.70 bits per heavy atom. The fraction of sp³-hybridized carbons (Fsp3) is 0.364. The Bertz CT molecular complexity index is 770. The van der Waals surface area contributed by atoms with Crippen molar-refractivity contribution in [2.45, 2.75) is 45.1 Å². The Balaban J connectivity index is 1.60. The molecule has 0 spiro atoms. The van der Waals surface area contributed by atoms with Gasteiger partial charge >= 0.3 is 0 Å². The lowest BCUT2D eigenvalue weighted by Crippen LogP contribution is -2.39. The molecule has 0 aromatic heterocycles. The van der Waals surface area contributed by atoms with Gasteiger partial charge in [0.25, 0.3) is 0 Å². The van der Waals surface area contributed by atoms with Crippen LogP contribution in [0.3, 0.4) is 0 Å². The third-order valence-corrected chi connectivity index (χ3v) is 4.88. The molecule has 1 fully saturated rings. The molecule has 0 aliphatic heterocycles. The highest BCUT2D eigenvalue weighted by molar-refractivity contribution is 5.92. The minimum Gasteiger partial charge on any atom is -0.455 e. The number of nitrogens with zero attached hydrogens (tertiary/aromatic N) is 1. The topological polar surface area (TPSA) is 58.6 Å². The van der Waals surface area contributed by atoms with E-state index in [9.17, 15) is 9.59 Å². The van der Waals surface area contributed by atoms with E-state index in [2.05, 4.69) is 5.32 Å². The van der Waals surface area contributed by atoms with E-state index >= 15 is 0 Å². The lowest BCUT2D eigenvalue weighted by atomic mass is 10.2. The summed E-state index contributed by atoms with van der Waals surface area (Å²) >= 11 is 0. The van der Waals surface area contributed by atoms with Crippen molar-refractivity contribution >= 4 is 17.5 Å². The molecule has 1 aliphatic rings. The van der Waals surface area contributed by atoms with Crippen LogP contribution in [0.15, 0.2) is 54.6 Å². The van der Waals surface area contributed by atoms with Gasteiger partial charge in [-0.2, -0.15) is 0 Å². The van der Waals surface area contributed by atoms with Crippen LogP contribution in [-0.4, -0.2) is 29.3 Å². The van der Waals surface area contributed by atoms with Gasteiger partial charge in [0.05, 0.1) is 5.69 Å². The van der Waals surface area contributed by atoms with Crippen LogP contribution in [0.2, 0.25) is 0 Å². The molecule has 3 rings (SSSR count). The maximum Gasteiger partial charge on any atom is 0.226 e. The second kappa shape index (κ2) is 9.21. The van der Waals surface area contributed by atoms with E-state index in [1.54, 1.807) is 6.92 Å². The molecule has 2 amide bonds. The smallest absolute Gasteiger partial charge is 0.226 e. The maximum atomic E-state index is 12.5. The SMILES string of the molecule is CC(=O)N(CCC(=O)Nc1ccccc1Oc1ccccc1)C1CCCC1. The molecule has 0 heterocycles. The molecule has 1 saturated carbocycles. The lowest BCUT2D eigenvalue weighted by molar-refractivity contribution is -0.131. The molecule has 2 aromatic carbocycles. The standard InChI is InChI=1S/C22H26N2O3/c1-17(25)24(18-9-5-6-10-18)16-15-22(26)23-20-13-7-8-14-21(20)27-19-11-3-2-4-12-19/h2-4,7-8,11-14,18H,5-6,9-10,15-16H2,1H3,(H,23,26). The van der Waals surface area contributed by atoms with Crippen molar-refractivity contribution in [3.63, 3.8) is 0 Å². The molecule has 27 heavy (non-hydrogen) atoms. The summed E-state index contributed by atoms with van der Waals surface area (Å²) in [7, 11) is 0. The zero-order chi connectivity index (χ0) is 19.1. The van der Waals surface area contributed by atoms with Crippen LogP contribution >= 0.6 is 0 Å². The Morgan fingerprint density at radius 3 is 2.41 bits per heavy atom. The Morgan fingerprint density at radius 1 is 1.04 bits per heavy atom.